The van der Waals surface area contributed by atoms with Gasteiger partial charge in [0.2, 0.25) is 0 Å². The minimum Gasteiger partial charge on any atom is -0.355 e. The van der Waals surface area contributed by atoms with Crippen LogP contribution >= 0.6 is 24.0 Å². The Hall–Kier alpha value is -0.830. The molecule has 3 rings (SSSR count). The topological polar surface area (TPSA) is 57.5 Å². The summed E-state index contributed by atoms with van der Waals surface area (Å²) in [5.74, 6) is 0.902. The Balaban J connectivity index is 0.00000192. The molecular formula is C16H29IN6. The maximum atomic E-state index is 4.34. The standard InChI is InChI=1S/C16H28N6.HI/c1-12-9-19-21(10-12)7-6-18-16(17-3)20-14-8-13(2)22(11-14)15-4-5-15;/h9-10,13-15H,4-8,11H2,1-3H3,(H2,17,18,20);1H. The fourth-order valence-corrected chi connectivity index (χ4v) is 3.34. The lowest BCUT2D eigenvalue weighted by Crippen LogP contribution is -2.45. The summed E-state index contributed by atoms with van der Waals surface area (Å²) >= 11 is 0. The molecule has 130 valence electrons. The molecule has 2 heterocycles. The van der Waals surface area contributed by atoms with Crippen LogP contribution in [0.1, 0.15) is 31.7 Å². The third-order valence-electron chi connectivity index (χ3n) is 4.60. The number of hydrogen-bond acceptors (Lipinski definition) is 3. The number of guanidine groups is 1. The number of rotatable bonds is 5. The van der Waals surface area contributed by atoms with Gasteiger partial charge >= 0.3 is 0 Å². The Labute approximate surface area is 156 Å². The Morgan fingerprint density at radius 1 is 1.43 bits per heavy atom. The summed E-state index contributed by atoms with van der Waals surface area (Å²) < 4.78 is 1.96. The van der Waals surface area contributed by atoms with E-state index < -0.39 is 0 Å². The third kappa shape index (κ3) is 5.07. The molecule has 2 fully saturated rings. The van der Waals surface area contributed by atoms with Gasteiger partial charge in [-0.05, 0) is 38.7 Å². The molecule has 1 saturated carbocycles. The molecule has 1 aromatic heterocycles. The third-order valence-corrected chi connectivity index (χ3v) is 4.60. The highest BCUT2D eigenvalue weighted by molar-refractivity contribution is 14.0. The molecular weight excluding hydrogens is 403 g/mol. The first-order valence-corrected chi connectivity index (χ1v) is 8.37. The summed E-state index contributed by atoms with van der Waals surface area (Å²) in [4.78, 5) is 6.99. The van der Waals surface area contributed by atoms with Crippen LogP contribution in [-0.4, -0.2) is 58.9 Å². The molecule has 2 N–H and O–H groups in total. The van der Waals surface area contributed by atoms with Crippen molar-refractivity contribution in [2.24, 2.45) is 4.99 Å². The largest absolute Gasteiger partial charge is 0.355 e. The molecule has 7 heteroatoms. The maximum Gasteiger partial charge on any atom is 0.191 e. The number of nitrogens with one attached hydrogen (secondary N) is 2. The molecule has 0 radical (unpaired) electrons. The maximum absolute atomic E-state index is 4.34. The van der Waals surface area contributed by atoms with Crippen molar-refractivity contribution in [3.63, 3.8) is 0 Å². The van der Waals surface area contributed by atoms with Gasteiger partial charge in [-0.25, -0.2) is 0 Å². The molecule has 2 atom stereocenters. The summed E-state index contributed by atoms with van der Waals surface area (Å²) in [6, 6.07) is 2.05. The zero-order valence-corrected chi connectivity index (χ0v) is 16.7. The summed E-state index contributed by atoms with van der Waals surface area (Å²) in [5, 5.41) is 11.3. The van der Waals surface area contributed by atoms with Crippen molar-refractivity contribution in [1.82, 2.24) is 25.3 Å². The average Bonchev–Trinajstić information content (AvgIpc) is 3.16. The number of aromatic nitrogens is 2. The van der Waals surface area contributed by atoms with Crippen molar-refractivity contribution in [1.29, 1.82) is 0 Å². The van der Waals surface area contributed by atoms with Crippen LogP contribution in [0.4, 0.5) is 0 Å². The van der Waals surface area contributed by atoms with Crippen LogP contribution in [0.3, 0.4) is 0 Å². The molecule has 1 aromatic rings. The SMILES string of the molecule is CN=C(NCCn1cc(C)cn1)NC1CC(C)N(C2CC2)C1.I. The van der Waals surface area contributed by atoms with Crippen LogP contribution in [0.5, 0.6) is 0 Å². The molecule has 23 heavy (non-hydrogen) atoms. The van der Waals surface area contributed by atoms with Gasteiger partial charge in [-0.15, -0.1) is 24.0 Å². The van der Waals surface area contributed by atoms with Gasteiger partial charge in [-0.2, -0.15) is 5.10 Å². The normalized spacial score (nSPS) is 25.3. The fraction of sp³-hybridized carbons (Fsp3) is 0.750. The monoisotopic (exact) mass is 432 g/mol. The zero-order chi connectivity index (χ0) is 15.5. The van der Waals surface area contributed by atoms with Crippen LogP contribution in [0.25, 0.3) is 0 Å². The molecule has 1 saturated heterocycles. The van der Waals surface area contributed by atoms with E-state index in [0.717, 1.165) is 31.6 Å². The highest BCUT2D eigenvalue weighted by Gasteiger charge is 2.38. The Morgan fingerprint density at radius 3 is 2.83 bits per heavy atom. The molecule has 2 aliphatic rings. The molecule has 6 nitrogen and oxygen atoms in total. The smallest absolute Gasteiger partial charge is 0.191 e. The Bertz CT molecular complexity index is 524. The fourth-order valence-electron chi connectivity index (χ4n) is 3.34. The van der Waals surface area contributed by atoms with Gasteiger partial charge < -0.3 is 10.6 Å². The van der Waals surface area contributed by atoms with Gasteiger partial charge in [0, 0.05) is 44.5 Å². The second kappa shape index (κ2) is 8.32. The van der Waals surface area contributed by atoms with Crippen molar-refractivity contribution >= 4 is 29.9 Å². The van der Waals surface area contributed by atoms with Crippen molar-refractivity contribution < 1.29 is 0 Å². The number of aliphatic imine (C=N–C) groups is 1. The van der Waals surface area contributed by atoms with E-state index in [1.807, 2.05) is 17.9 Å². The molecule has 1 aliphatic carbocycles. The molecule has 1 aliphatic heterocycles. The predicted octanol–water partition coefficient (Wildman–Crippen LogP) is 1.60. The average molecular weight is 432 g/mol. The van der Waals surface area contributed by atoms with Crippen LogP contribution in [0, 0.1) is 6.92 Å². The van der Waals surface area contributed by atoms with E-state index in [9.17, 15) is 0 Å². The van der Waals surface area contributed by atoms with Gasteiger partial charge in [-0.3, -0.25) is 14.6 Å². The summed E-state index contributed by atoms with van der Waals surface area (Å²) in [7, 11) is 1.84. The van der Waals surface area contributed by atoms with Crippen LogP contribution in [0.15, 0.2) is 17.4 Å². The summed E-state index contributed by atoms with van der Waals surface area (Å²) in [6.45, 7) is 7.23. The van der Waals surface area contributed by atoms with E-state index in [0.29, 0.717) is 12.1 Å². The second-order valence-electron chi connectivity index (χ2n) is 6.63. The highest BCUT2D eigenvalue weighted by Crippen LogP contribution is 2.33. The van der Waals surface area contributed by atoms with Crippen molar-refractivity contribution in [3.8, 4) is 0 Å². The van der Waals surface area contributed by atoms with E-state index in [1.54, 1.807) is 0 Å². The lowest BCUT2D eigenvalue weighted by atomic mass is 10.2. The van der Waals surface area contributed by atoms with E-state index >= 15 is 0 Å². The molecule has 0 amide bonds. The molecule has 0 spiro atoms. The van der Waals surface area contributed by atoms with Gasteiger partial charge in [0.1, 0.15) is 0 Å². The van der Waals surface area contributed by atoms with E-state index in [4.69, 9.17) is 0 Å². The number of halogens is 1. The molecule has 2 unspecified atom stereocenters. The van der Waals surface area contributed by atoms with Crippen LogP contribution < -0.4 is 10.6 Å². The Kier molecular flexibility index (Phi) is 6.70. The highest BCUT2D eigenvalue weighted by atomic mass is 127. The van der Waals surface area contributed by atoms with Crippen LogP contribution in [0.2, 0.25) is 0 Å². The second-order valence-corrected chi connectivity index (χ2v) is 6.63. The van der Waals surface area contributed by atoms with Gasteiger partial charge in [0.15, 0.2) is 5.96 Å². The van der Waals surface area contributed by atoms with Crippen molar-refractivity contribution in [2.75, 3.05) is 20.1 Å². The van der Waals surface area contributed by atoms with Gasteiger partial charge in [0.05, 0.1) is 12.7 Å². The summed E-state index contributed by atoms with van der Waals surface area (Å²) in [5.41, 5.74) is 1.20. The Morgan fingerprint density at radius 2 is 2.22 bits per heavy atom. The van der Waals surface area contributed by atoms with E-state index in [-0.39, 0.29) is 24.0 Å². The van der Waals surface area contributed by atoms with E-state index in [2.05, 4.69) is 45.7 Å². The minimum atomic E-state index is 0. The first kappa shape index (κ1) is 18.5. The first-order chi connectivity index (χ1) is 10.7. The lowest BCUT2D eigenvalue weighted by Gasteiger charge is -2.20. The number of aryl methyl sites for hydroxylation is 1. The number of hydrogen-bond donors (Lipinski definition) is 2. The molecule has 0 bridgehead atoms. The van der Waals surface area contributed by atoms with E-state index in [1.165, 1.54) is 24.8 Å². The summed E-state index contributed by atoms with van der Waals surface area (Å²) in [6.07, 6.45) is 7.92. The van der Waals surface area contributed by atoms with Crippen molar-refractivity contribution in [2.45, 2.75) is 57.8 Å². The first-order valence-electron chi connectivity index (χ1n) is 8.37. The predicted molar refractivity (Wildman–Crippen MR) is 104 cm³/mol. The van der Waals surface area contributed by atoms with Crippen molar-refractivity contribution in [3.05, 3.63) is 18.0 Å². The number of likely N-dealkylation sites (tertiary alicyclic amines) is 1. The van der Waals surface area contributed by atoms with Crippen LogP contribution in [-0.2, 0) is 6.54 Å². The molecule has 0 aromatic carbocycles. The number of nitrogens with zero attached hydrogens (tertiary/aromatic N) is 4. The van der Waals surface area contributed by atoms with Gasteiger partial charge in [0.25, 0.3) is 0 Å². The zero-order valence-electron chi connectivity index (χ0n) is 14.3. The quantitative estimate of drug-likeness (QED) is 0.422. The minimum absolute atomic E-state index is 0. The lowest BCUT2D eigenvalue weighted by molar-refractivity contribution is 0.256. The van der Waals surface area contributed by atoms with Gasteiger partial charge in [-0.1, -0.05) is 0 Å².